The highest BCUT2D eigenvalue weighted by Crippen LogP contribution is 2.20. The highest BCUT2D eigenvalue weighted by molar-refractivity contribution is 6.30. The van der Waals surface area contributed by atoms with E-state index in [1.54, 1.807) is 54.6 Å². The number of carbonyl (C=O) groups is 1. The fourth-order valence-corrected chi connectivity index (χ4v) is 2.24. The molecule has 0 saturated heterocycles. The summed E-state index contributed by atoms with van der Waals surface area (Å²) in [5, 5.41) is 6.13. The van der Waals surface area contributed by atoms with Gasteiger partial charge in [-0.3, -0.25) is 4.79 Å². The first-order valence-corrected chi connectivity index (χ1v) is 8.14. The van der Waals surface area contributed by atoms with Crippen LogP contribution in [0.4, 0.5) is 21.6 Å². The van der Waals surface area contributed by atoms with Gasteiger partial charge in [0, 0.05) is 5.02 Å². The first-order chi connectivity index (χ1) is 12.6. The van der Waals surface area contributed by atoms with Crippen molar-refractivity contribution in [1.82, 2.24) is 4.98 Å². The van der Waals surface area contributed by atoms with Gasteiger partial charge in [-0.15, -0.1) is 0 Å². The minimum absolute atomic E-state index is 0.154. The molecule has 1 heterocycles. The summed E-state index contributed by atoms with van der Waals surface area (Å²) in [6.07, 6.45) is 1.50. The number of hydrogen-bond acceptors (Lipinski definition) is 4. The summed E-state index contributed by atoms with van der Waals surface area (Å²) in [7, 11) is 0. The summed E-state index contributed by atoms with van der Waals surface area (Å²) in [5.41, 5.74) is 0.952. The van der Waals surface area contributed by atoms with Gasteiger partial charge in [0.05, 0.1) is 17.6 Å². The van der Waals surface area contributed by atoms with Crippen molar-refractivity contribution < 1.29 is 13.9 Å². The number of pyridine rings is 1. The van der Waals surface area contributed by atoms with Crippen molar-refractivity contribution in [2.24, 2.45) is 0 Å². The Kier molecular flexibility index (Phi) is 5.66. The number of anilines is 3. The Morgan fingerprint density at radius 1 is 1.08 bits per heavy atom. The van der Waals surface area contributed by atoms with Crippen LogP contribution >= 0.6 is 11.6 Å². The standard InChI is InChI=1S/C19H15ClFN3O2/c20-13-5-8-15(9-6-13)26-12-19(25)24-18-10-7-14(11-22-18)23-17-4-2-1-3-16(17)21/h1-11,23H,12H2,(H,22,24,25). The van der Waals surface area contributed by atoms with Crippen molar-refractivity contribution in [1.29, 1.82) is 0 Å². The van der Waals surface area contributed by atoms with Crippen LogP contribution in [0, 0.1) is 5.82 Å². The molecule has 5 nitrogen and oxygen atoms in total. The lowest BCUT2D eigenvalue weighted by molar-refractivity contribution is -0.118. The molecule has 0 bridgehead atoms. The number of rotatable bonds is 6. The predicted molar refractivity (Wildman–Crippen MR) is 99.5 cm³/mol. The molecule has 132 valence electrons. The monoisotopic (exact) mass is 371 g/mol. The number of amides is 1. The van der Waals surface area contributed by atoms with E-state index in [4.69, 9.17) is 16.3 Å². The van der Waals surface area contributed by atoms with Crippen LogP contribution in [0.2, 0.25) is 5.02 Å². The summed E-state index contributed by atoms with van der Waals surface area (Å²) in [6.45, 7) is -0.154. The van der Waals surface area contributed by atoms with Gasteiger partial charge in [-0.2, -0.15) is 0 Å². The Hall–Kier alpha value is -3.12. The molecule has 2 N–H and O–H groups in total. The van der Waals surface area contributed by atoms with Crippen LogP contribution in [-0.2, 0) is 4.79 Å². The van der Waals surface area contributed by atoms with E-state index in [9.17, 15) is 9.18 Å². The molecular formula is C19H15ClFN3O2. The van der Waals surface area contributed by atoms with Crippen molar-refractivity contribution in [3.8, 4) is 5.75 Å². The van der Waals surface area contributed by atoms with Crippen molar-refractivity contribution in [2.75, 3.05) is 17.2 Å². The lowest BCUT2D eigenvalue weighted by atomic mass is 10.3. The molecule has 26 heavy (non-hydrogen) atoms. The maximum Gasteiger partial charge on any atom is 0.263 e. The van der Waals surface area contributed by atoms with Crippen molar-refractivity contribution in [3.63, 3.8) is 0 Å². The Morgan fingerprint density at radius 3 is 2.54 bits per heavy atom. The zero-order valence-electron chi connectivity index (χ0n) is 13.6. The van der Waals surface area contributed by atoms with Gasteiger partial charge in [-0.25, -0.2) is 9.37 Å². The molecule has 3 aromatic rings. The molecule has 0 atom stereocenters. The van der Waals surface area contributed by atoms with Crippen LogP contribution in [0.15, 0.2) is 66.9 Å². The Labute approximate surface area is 154 Å². The Balaban J connectivity index is 1.52. The topological polar surface area (TPSA) is 63.2 Å². The third-order valence-electron chi connectivity index (χ3n) is 3.37. The number of carbonyl (C=O) groups excluding carboxylic acids is 1. The minimum atomic E-state index is -0.357. The van der Waals surface area contributed by atoms with E-state index in [0.717, 1.165) is 0 Å². The molecule has 0 saturated carbocycles. The average molecular weight is 372 g/mol. The molecule has 0 aliphatic heterocycles. The van der Waals surface area contributed by atoms with E-state index in [1.807, 2.05) is 0 Å². The van der Waals surface area contributed by atoms with Gasteiger partial charge in [-0.1, -0.05) is 23.7 Å². The molecule has 0 unspecified atom stereocenters. The summed E-state index contributed by atoms with van der Waals surface area (Å²) < 4.78 is 19.0. The SMILES string of the molecule is O=C(COc1ccc(Cl)cc1)Nc1ccc(Nc2ccccc2F)cn1. The molecule has 0 aliphatic rings. The molecule has 1 aromatic heterocycles. The molecule has 0 radical (unpaired) electrons. The van der Waals surface area contributed by atoms with Gasteiger partial charge in [0.15, 0.2) is 6.61 Å². The first-order valence-electron chi connectivity index (χ1n) is 7.76. The minimum Gasteiger partial charge on any atom is -0.484 e. The number of halogens is 2. The normalized spacial score (nSPS) is 10.2. The highest BCUT2D eigenvalue weighted by Gasteiger charge is 2.06. The van der Waals surface area contributed by atoms with E-state index in [2.05, 4.69) is 15.6 Å². The summed E-state index contributed by atoms with van der Waals surface area (Å²) in [4.78, 5) is 16.0. The van der Waals surface area contributed by atoms with E-state index >= 15 is 0 Å². The second-order valence-electron chi connectivity index (χ2n) is 5.33. The molecule has 3 rings (SSSR count). The molecule has 0 aliphatic carbocycles. The van der Waals surface area contributed by atoms with Crippen molar-refractivity contribution in [2.45, 2.75) is 0 Å². The first kappa shape index (κ1) is 17.7. The van der Waals surface area contributed by atoms with Crippen LogP contribution in [0.3, 0.4) is 0 Å². The molecule has 0 spiro atoms. The molecular weight excluding hydrogens is 357 g/mol. The lowest BCUT2D eigenvalue weighted by Crippen LogP contribution is -2.20. The smallest absolute Gasteiger partial charge is 0.263 e. The number of aromatic nitrogens is 1. The van der Waals surface area contributed by atoms with E-state index in [0.29, 0.717) is 28.0 Å². The predicted octanol–water partition coefficient (Wildman–Crippen LogP) is 4.64. The van der Waals surface area contributed by atoms with Crippen LogP contribution < -0.4 is 15.4 Å². The Bertz CT molecular complexity index is 886. The molecule has 1 amide bonds. The average Bonchev–Trinajstić information content (AvgIpc) is 2.65. The molecule has 7 heteroatoms. The van der Waals surface area contributed by atoms with Gasteiger partial charge >= 0.3 is 0 Å². The lowest BCUT2D eigenvalue weighted by Gasteiger charge is -2.09. The third-order valence-corrected chi connectivity index (χ3v) is 3.62. The van der Waals surface area contributed by atoms with Gasteiger partial charge in [0.2, 0.25) is 0 Å². The quantitative estimate of drug-likeness (QED) is 0.662. The molecule has 2 aromatic carbocycles. The fraction of sp³-hybridized carbons (Fsp3) is 0.0526. The number of nitrogens with one attached hydrogen (secondary N) is 2. The highest BCUT2D eigenvalue weighted by atomic mass is 35.5. The van der Waals surface area contributed by atoms with E-state index < -0.39 is 0 Å². The summed E-state index contributed by atoms with van der Waals surface area (Å²) in [6, 6.07) is 16.4. The number of benzene rings is 2. The van der Waals surface area contributed by atoms with E-state index in [1.165, 1.54) is 12.3 Å². The number of nitrogens with zero attached hydrogens (tertiary/aromatic N) is 1. The number of ether oxygens (including phenoxy) is 1. The van der Waals surface area contributed by atoms with Crippen LogP contribution in [0.1, 0.15) is 0 Å². The van der Waals surface area contributed by atoms with Crippen LogP contribution in [0.5, 0.6) is 5.75 Å². The summed E-state index contributed by atoms with van der Waals surface area (Å²) >= 11 is 5.79. The third kappa shape index (κ3) is 4.94. The fourth-order valence-electron chi connectivity index (χ4n) is 2.12. The van der Waals surface area contributed by atoms with Gasteiger partial charge in [-0.05, 0) is 48.5 Å². The zero-order chi connectivity index (χ0) is 18.4. The van der Waals surface area contributed by atoms with E-state index in [-0.39, 0.29) is 18.3 Å². The molecule has 0 fully saturated rings. The van der Waals surface area contributed by atoms with Crippen molar-refractivity contribution in [3.05, 3.63) is 77.7 Å². The summed E-state index contributed by atoms with van der Waals surface area (Å²) in [5.74, 6) is 0.210. The largest absolute Gasteiger partial charge is 0.484 e. The van der Waals surface area contributed by atoms with Gasteiger partial charge in [0.1, 0.15) is 17.4 Å². The van der Waals surface area contributed by atoms with Crippen LogP contribution in [0.25, 0.3) is 0 Å². The second kappa shape index (κ2) is 8.31. The Morgan fingerprint density at radius 2 is 1.85 bits per heavy atom. The number of hydrogen-bond donors (Lipinski definition) is 2. The number of para-hydroxylation sites is 1. The van der Waals surface area contributed by atoms with Crippen LogP contribution in [-0.4, -0.2) is 17.5 Å². The maximum atomic E-state index is 13.6. The van der Waals surface area contributed by atoms with Gasteiger partial charge in [0.25, 0.3) is 5.91 Å². The van der Waals surface area contributed by atoms with Gasteiger partial charge < -0.3 is 15.4 Å². The second-order valence-corrected chi connectivity index (χ2v) is 5.76. The van der Waals surface area contributed by atoms with Crippen molar-refractivity contribution >= 4 is 34.7 Å². The maximum absolute atomic E-state index is 13.6. The zero-order valence-corrected chi connectivity index (χ0v) is 14.3.